The summed E-state index contributed by atoms with van der Waals surface area (Å²) in [5.74, 6) is -1.47. The lowest BCUT2D eigenvalue weighted by Gasteiger charge is -2.21. The van der Waals surface area contributed by atoms with E-state index in [-0.39, 0.29) is 16.5 Å². The standard InChI is InChI=1S/C20H24N2O5S/c1-3-14(2)19(15-8-5-4-6-9-15)20(24)27-13-18(23)22-16-10-7-11-17(12-16)28(21,25)26/h4-12,14,19H,3,13H2,1-2H3,(H,22,23)(H2,21,25,26)/t14-,19-/m1/s1. The van der Waals surface area contributed by atoms with Crippen molar-refractivity contribution in [1.82, 2.24) is 0 Å². The zero-order valence-electron chi connectivity index (χ0n) is 15.8. The van der Waals surface area contributed by atoms with Crippen LogP contribution in [0.5, 0.6) is 0 Å². The number of anilines is 1. The van der Waals surface area contributed by atoms with Crippen LogP contribution in [0, 0.1) is 5.92 Å². The first-order chi connectivity index (χ1) is 13.2. The molecule has 0 aromatic heterocycles. The molecule has 2 atom stereocenters. The van der Waals surface area contributed by atoms with Gasteiger partial charge in [-0.25, -0.2) is 13.6 Å². The number of nitrogens with two attached hydrogens (primary N) is 1. The highest BCUT2D eigenvalue weighted by atomic mass is 32.2. The number of carbonyl (C=O) groups is 2. The SMILES string of the molecule is CC[C@@H](C)[C@@H](C(=O)OCC(=O)Nc1cccc(S(N)(=O)=O)c1)c1ccccc1. The van der Waals surface area contributed by atoms with Crippen molar-refractivity contribution in [3.63, 3.8) is 0 Å². The summed E-state index contributed by atoms with van der Waals surface area (Å²) in [6, 6.07) is 14.8. The number of hydrogen-bond acceptors (Lipinski definition) is 5. The molecule has 0 aliphatic heterocycles. The molecule has 1 amide bonds. The minimum absolute atomic E-state index is 0.0457. The fourth-order valence-corrected chi connectivity index (χ4v) is 3.33. The van der Waals surface area contributed by atoms with Crippen LogP contribution in [-0.4, -0.2) is 26.9 Å². The Hall–Kier alpha value is -2.71. The lowest BCUT2D eigenvalue weighted by atomic mass is 9.86. The number of sulfonamides is 1. The van der Waals surface area contributed by atoms with Gasteiger partial charge >= 0.3 is 5.97 Å². The fraction of sp³-hybridized carbons (Fsp3) is 0.300. The molecule has 0 aliphatic rings. The molecule has 3 N–H and O–H groups in total. The lowest BCUT2D eigenvalue weighted by Crippen LogP contribution is -2.27. The second kappa shape index (κ2) is 9.48. The van der Waals surface area contributed by atoms with Crippen LogP contribution in [0.15, 0.2) is 59.5 Å². The van der Waals surface area contributed by atoms with E-state index >= 15 is 0 Å². The molecule has 2 aromatic rings. The second-order valence-corrected chi connectivity index (χ2v) is 8.06. The molecule has 0 unspecified atom stereocenters. The minimum Gasteiger partial charge on any atom is -0.455 e. The Bertz CT molecular complexity index is 929. The summed E-state index contributed by atoms with van der Waals surface area (Å²) in [5, 5.41) is 7.57. The van der Waals surface area contributed by atoms with Crippen LogP contribution in [0.4, 0.5) is 5.69 Å². The highest BCUT2D eigenvalue weighted by Crippen LogP contribution is 2.28. The van der Waals surface area contributed by atoms with Gasteiger partial charge in [-0.15, -0.1) is 0 Å². The Labute approximate surface area is 164 Å². The van der Waals surface area contributed by atoms with E-state index in [0.717, 1.165) is 12.0 Å². The van der Waals surface area contributed by atoms with Crippen LogP contribution in [-0.2, 0) is 24.3 Å². The molecule has 150 valence electrons. The molecular weight excluding hydrogens is 380 g/mol. The summed E-state index contributed by atoms with van der Waals surface area (Å²) >= 11 is 0. The number of carbonyl (C=O) groups excluding carboxylic acids is 2. The van der Waals surface area contributed by atoms with E-state index in [1.165, 1.54) is 24.3 Å². The molecule has 0 heterocycles. The number of amides is 1. The van der Waals surface area contributed by atoms with Crippen molar-refractivity contribution < 1.29 is 22.7 Å². The Kier molecular flexibility index (Phi) is 7.31. The summed E-state index contributed by atoms with van der Waals surface area (Å²) in [6.45, 7) is 3.47. The summed E-state index contributed by atoms with van der Waals surface area (Å²) < 4.78 is 28.0. The van der Waals surface area contributed by atoms with Gasteiger partial charge in [-0.05, 0) is 29.7 Å². The average Bonchev–Trinajstić information content (AvgIpc) is 2.67. The van der Waals surface area contributed by atoms with Gasteiger partial charge in [0.25, 0.3) is 5.91 Å². The van der Waals surface area contributed by atoms with Gasteiger partial charge in [-0.3, -0.25) is 9.59 Å². The zero-order valence-corrected chi connectivity index (χ0v) is 16.6. The van der Waals surface area contributed by atoms with Gasteiger partial charge in [0.2, 0.25) is 10.0 Å². The summed E-state index contributed by atoms with van der Waals surface area (Å²) in [6.07, 6.45) is 0.779. The highest BCUT2D eigenvalue weighted by molar-refractivity contribution is 7.89. The fourth-order valence-electron chi connectivity index (χ4n) is 2.77. The van der Waals surface area contributed by atoms with Gasteiger partial charge in [0.15, 0.2) is 6.61 Å². The molecule has 7 nitrogen and oxygen atoms in total. The molecular formula is C20H24N2O5S. The summed E-state index contributed by atoms with van der Waals surface area (Å²) in [7, 11) is -3.88. The molecule has 2 aromatic carbocycles. The van der Waals surface area contributed by atoms with Crippen molar-refractivity contribution in [3.8, 4) is 0 Å². The van der Waals surface area contributed by atoms with Gasteiger partial charge in [0, 0.05) is 5.69 Å². The Morgan fingerprint density at radius 2 is 1.79 bits per heavy atom. The number of nitrogens with one attached hydrogen (secondary N) is 1. The van der Waals surface area contributed by atoms with E-state index in [1.807, 2.05) is 44.2 Å². The number of hydrogen-bond donors (Lipinski definition) is 2. The molecule has 0 radical (unpaired) electrons. The first-order valence-electron chi connectivity index (χ1n) is 8.86. The second-order valence-electron chi connectivity index (χ2n) is 6.50. The molecule has 28 heavy (non-hydrogen) atoms. The van der Waals surface area contributed by atoms with Crippen molar-refractivity contribution in [2.45, 2.75) is 31.1 Å². The Morgan fingerprint density at radius 3 is 2.39 bits per heavy atom. The highest BCUT2D eigenvalue weighted by Gasteiger charge is 2.27. The predicted molar refractivity (Wildman–Crippen MR) is 106 cm³/mol. The molecule has 2 rings (SSSR count). The number of esters is 1. The normalized spacial score (nSPS) is 13.4. The summed E-state index contributed by atoms with van der Waals surface area (Å²) in [4.78, 5) is 24.6. The van der Waals surface area contributed by atoms with Crippen molar-refractivity contribution in [2.24, 2.45) is 11.1 Å². The van der Waals surface area contributed by atoms with Crippen molar-refractivity contribution in [1.29, 1.82) is 0 Å². The van der Waals surface area contributed by atoms with E-state index in [2.05, 4.69) is 5.32 Å². The van der Waals surface area contributed by atoms with Crippen molar-refractivity contribution in [2.75, 3.05) is 11.9 Å². The van der Waals surface area contributed by atoms with Gasteiger partial charge in [0.05, 0.1) is 10.8 Å². The maximum absolute atomic E-state index is 12.6. The van der Waals surface area contributed by atoms with Crippen LogP contribution >= 0.6 is 0 Å². The first-order valence-corrected chi connectivity index (χ1v) is 10.4. The monoisotopic (exact) mass is 404 g/mol. The maximum atomic E-state index is 12.6. The van der Waals surface area contributed by atoms with E-state index in [1.54, 1.807) is 0 Å². The average molecular weight is 404 g/mol. The van der Waals surface area contributed by atoms with Crippen LogP contribution in [0.25, 0.3) is 0 Å². The van der Waals surface area contributed by atoms with Crippen molar-refractivity contribution >= 4 is 27.6 Å². The molecule has 0 saturated heterocycles. The third-order valence-electron chi connectivity index (χ3n) is 4.42. The largest absolute Gasteiger partial charge is 0.455 e. The lowest BCUT2D eigenvalue weighted by molar-refractivity contribution is -0.150. The number of rotatable bonds is 8. The van der Waals surface area contributed by atoms with Gasteiger partial charge in [-0.1, -0.05) is 56.7 Å². The molecule has 0 saturated carbocycles. The van der Waals surface area contributed by atoms with Crippen LogP contribution < -0.4 is 10.5 Å². The Balaban J connectivity index is 2.02. The van der Waals surface area contributed by atoms with Crippen LogP contribution in [0.2, 0.25) is 0 Å². The number of benzene rings is 2. The minimum atomic E-state index is -3.88. The van der Waals surface area contributed by atoms with E-state index < -0.39 is 34.4 Å². The van der Waals surface area contributed by atoms with Crippen LogP contribution in [0.3, 0.4) is 0 Å². The first kappa shape index (κ1) is 21.6. The van der Waals surface area contributed by atoms with Gasteiger partial charge in [-0.2, -0.15) is 0 Å². The summed E-state index contributed by atoms with van der Waals surface area (Å²) in [5.41, 5.74) is 1.08. The quantitative estimate of drug-likeness (QED) is 0.656. The van der Waals surface area contributed by atoms with Gasteiger partial charge in [0.1, 0.15) is 0 Å². The molecule has 0 aliphatic carbocycles. The molecule has 8 heteroatoms. The topological polar surface area (TPSA) is 116 Å². The van der Waals surface area contributed by atoms with E-state index in [0.29, 0.717) is 0 Å². The zero-order chi connectivity index (χ0) is 20.7. The number of ether oxygens (including phenoxy) is 1. The maximum Gasteiger partial charge on any atom is 0.314 e. The third-order valence-corrected chi connectivity index (χ3v) is 5.33. The van der Waals surface area contributed by atoms with E-state index in [4.69, 9.17) is 9.88 Å². The Morgan fingerprint density at radius 1 is 1.11 bits per heavy atom. The molecule has 0 fully saturated rings. The molecule has 0 bridgehead atoms. The van der Waals surface area contributed by atoms with Gasteiger partial charge < -0.3 is 10.1 Å². The predicted octanol–water partition coefficient (Wildman–Crippen LogP) is 2.65. The molecule has 0 spiro atoms. The third kappa shape index (κ3) is 5.90. The smallest absolute Gasteiger partial charge is 0.314 e. The van der Waals surface area contributed by atoms with Crippen LogP contribution in [0.1, 0.15) is 31.7 Å². The van der Waals surface area contributed by atoms with Crippen molar-refractivity contribution in [3.05, 3.63) is 60.2 Å². The number of primary sulfonamides is 1. The van der Waals surface area contributed by atoms with E-state index in [9.17, 15) is 18.0 Å².